The molecule has 4 aromatic rings. The van der Waals surface area contributed by atoms with Crippen LogP contribution in [0.25, 0.3) is 11.3 Å². The molecule has 2 aromatic carbocycles. The van der Waals surface area contributed by atoms with Crippen molar-refractivity contribution >= 4 is 23.4 Å². The van der Waals surface area contributed by atoms with Crippen LogP contribution in [0.15, 0.2) is 72.9 Å². The van der Waals surface area contributed by atoms with Crippen molar-refractivity contribution in [3.63, 3.8) is 0 Å². The maximum Gasteiger partial charge on any atom is 0.269 e. The zero-order valence-electron chi connectivity index (χ0n) is 17.0. The third kappa shape index (κ3) is 4.96. The minimum absolute atomic E-state index is 0.0836. The van der Waals surface area contributed by atoms with Gasteiger partial charge in [-0.1, -0.05) is 6.07 Å². The molecule has 0 aliphatic carbocycles. The molecule has 0 aliphatic rings. The number of hydrogen-bond acceptors (Lipinski definition) is 7. The van der Waals surface area contributed by atoms with Gasteiger partial charge in [-0.3, -0.25) is 9.78 Å². The number of nitrogens with zero attached hydrogens (tertiary/aromatic N) is 3. The van der Waals surface area contributed by atoms with Crippen LogP contribution in [-0.4, -0.2) is 27.9 Å². The molecule has 0 radical (unpaired) electrons. The Morgan fingerprint density at radius 3 is 2.56 bits per heavy atom. The Morgan fingerprint density at radius 1 is 1.00 bits per heavy atom. The molecule has 0 aliphatic heterocycles. The zero-order chi connectivity index (χ0) is 22.5. The lowest BCUT2D eigenvalue weighted by molar-refractivity contribution is 0.0958. The number of rotatable bonds is 6. The van der Waals surface area contributed by atoms with E-state index in [9.17, 15) is 9.18 Å². The molecule has 0 saturated carbocycles. The van der Waals surface area contributed by atoms with Crippen LogP contribution < -0.4 is 21.1 Å². The van der Waals surface area contributed by atoms with Crippen LogP contribution in [0.2, 0.25) is 0 Å². The summed E-state index contributed by atoms with van der Waals surface area (Å²) in [5.74, 6) is 0.942. The van der Waals surface area contributed by atoms with Crippen molar-refractivity contribution in [3.05, 3.63) is 84.4 Å². The van der Waals surface area contributed by atoms with Crippen molar-refractivity contribution in [3.8, 4) is 22.8 Å². The molecule has 0 fully saturated rings. The molecule has 0 unspecified atom stereocenters. The van der Waals surface area contributed by atoms with Crippen LogP contribution >= 0.6 is 0 Å². The van der Waals surface area contributed by atoms with Crippen LogP contribution in [0.5, 0.6) is 11.5 Å². The highest BCUT2D eigenvalue weighted by Gasteiger charge is 2.09. The smallest absolute Gasteiger partial charge is 0.269 e. The summed E-state index contributed by atoms with van der Waals surface area (Å²) in [6, 6.07) is 18.1. The normalized spacial score (nSPS) is 10.4. The molecule has 0 saturated heterocycles. The molecule has 4 N–H and O–H groups in total. The summed E-state index contributed by atoms with van der Waals surface area (Å²) in [6.45, 7) is 0. The average molecular weight is 430 g/mol. The number of nitrogens with one attached hydrogen (secondary N) is 2. The number of pyridine rings is 1. The van der Waals surface area contributed by atoms with E-state index in [1.165, 1.54) is 25.4 Å². The molecule has 1 amide bonds. The molecular formula is C23H19FN6O2. The van der Waals surface area contributed by atoms with Crippen molar-refractivity contribution < 1.29 is 13.9 Å². The van der Waals surface area contributed by atoms with Gasteiger partial charge in [0.25, 0.3) is 5.91 Å². The standard InChI is InChI=1S/C23H19FN6O2/c1-26-22(31)20-12-18(9-10-27-20)32-17-4-2-3-16(11-17)28-21-13-19(29-23(25)30-21)14-5-7-15(24)8-6-14/h2-13H,1H3,(H,26,31)(H3,25,28,29,30). The van der Waals surface area contributed by atoms with Gasteiger partial charge < -0.3 is 21.1 Å². The molecule has 160 valence electrons. The molecule has 0 spiro atoms. The van der Waals surface area contributed by atoms with E-state index in [0.717, 1.165) is 0 Å². The summed E-state index contributed by atoms with van der Waals surface area (Å²) >= 11 is 0. The Hall–Kier alpha value is -4.53. The first kappa shape index (κ1) is 20.7. The minimum Gasteiger partial charge on any atom is -0.457 e. The Morgan fingerprint density at radius 2 is 1.78 bits per heavy atom. The Labute approximate surface area is 183 Å². The summed E-state index contributed by atoms with van der Waals surface area (Å²) < 4.78 is 19.1. The predicted molar refractivity (Wildman–Crippen MR) is 119 cm³/mol. The van der Waals surface area contributed by atoms with Crippen molar-refractivity contribution in [2.75, 3.05) is 18.1 Å². The number of anilines is 3. The number of carbonyl (C=O) groups is 1. The lowest BCUT2D eigenvalue weighted by atomic mass is 10.1. The highest BCUT2D eigenvalue weighted by atomic mass is 19.1. The molecule has 2 heterocycles. The predicted octanol–water partition coefficient (Wildman–Crippen LogP) is 4.16. The number of nitrogens with two attached hydrogens (primary N) is 1. The fraction of sp³-hybridized carbons (Fsp3) is 0.0435. The van der Waals surface area contributed by atoms with Gasteiger partial charge in [-0.25, -0.2) is 9.37 Å². The summed E-state index contributed by atoms with van der Waals surface area (Å²) in [6.07, 6.45) is 1.50. The van der Waals surface area contributed by atoms with Crippen LogP contribution in [0.3, 0.4) is 0 Å². The number of carbonyl (C=O) groups excluding carboxylic acids is 1. The number of nitrogen functional groups attached to an aromatic ring is 1. The lowest BCUT2D eigenvalue weighted by Crippen LogP contribution is -2.18. The second-order valence-corrected chi connectivity index (χ2v) is 6.71. The summed E-state index contributed by atoms with van der Waals surface area (Å²) in [7, 11) is 1.54. The van der Waals surface area contributed by atoms with Gasteiger partial charge in [0.1, 0.15) is 28.8 Å². The number of hydrogen-bond donors (Lipinski definition) is 3. The highest BCUT2D eigenvalue weighted by molar-refractivity contribution is 5.92. The van der Waals surface area contributed by atoms with Gasteiger partial charge in [0.2, 0.25) is 5.95 Å². The first-order valence-corrected chi connectivity index (χ1v) is 9.64. The largest absolute Gasteiger partial charge is 0.457 e. The fourth-order valence-corrected chi connectivity index (χ4v) is 2.95. The second-order valence-electron chi connectivity index (χ2n) is 6.71. The Balaban J connectivity index is 1.54. The SMILES string of the molecule is CNC(=O)c1cc(Oc2cccc(Nc3cc(-c4ccc(F)cc4)nc(N)n3)c2)ccn1. The van der Waals surface area contributed by atoms with Gasteiger partial charge >= 0.3 is 0 Å². The number of ether oxygens (including phenoxy) is 1. The van der Waals surface area contributed by atoms with Gasteiger partial charge in [-0.15, -0.1) is 0 Å². The quantitative estimate of drug-likeness (QED) is 0.421. The molecule has 8 nitrogen and oxygen atoms in total. The van der Waals surface area contributed by atoms with E-state index >= 15 is 0 Å². The summed E-state index contributed by atoms with van der Waals surface area (Å²) in [4.78, 5) is 24.2. The maximum atomic E-state index is 13.2. The number of amides is 1. The van der Waals surface area contributed by atoms with Crippen molar-refractivity contribution in [1.29, 1.82) is 0 Å². The Bertz CT molecular complexity index is 1260. The van der Waals surface area contributed by atoms with Gasteiger partial charge in [0.15, 0.2) is 0 Å². The summed E-state index contributed by atoms with van der Waals surface area (Å²) in [5.41, 5.74) is 8.09. The summed E-state index contributed by atoms with van der Waals surface area (Å²) in [5, 5.41) is 5.69. The lowest BCUT2D eigenvalue weighted by Gasteiger charge is -2.11. The van der Waals surface area contributed by atoms with Crippen LogP contribution in [0.4, 0.5) is 21.8 Å². The number of aromatic nitrogens is 3. The van der Waals surface area contributed by atoms with Crippen LogP contribution in [-0.2, 0) is 0 Å². The van der Waals surface area contributed by atoms with E-state index in [0.29, 0.717) is 34.3 Å². The topological polar surface area (TPSA) is 115 Å². The van der Waals surface area contributed by atoms with Crippen molar-refractivity contribution in [2.24, 2.45) is 0 Å². The third-order valence-electron chi connectivity index (χ3n) is 4.42. The second kappa shape index (κ2) is 9.09. The molecular weight excluding hydrogens is 411 g/mol. The molecule has 4 rings (SSSR count). The fourth-order valence-electron chi connectivity index (χ4n) is 2.95. The van der Waals surface area contributed by atoms with Crippen LogP contribution in [0.1, 0.15) is 10.5 Å². The van der Waals surface area contributed by atoms with Crippen LogP contribution in [0, 0.1) is 5.82 Å². The molecule has 9 heteroatoms. The Kier molecular flexibility index (Phi) is 5.89. The number of halogens is 1. The van der Waals surface area contributed by atoms with E-state index in [4.69, 9.17) is 10.5 Å². The molecule has 2 aromatic heterocycles. The van der Waals surface area contributed by atoms with Gasteiger partial charge in [-0.05, 0) is 42.5 Å². The van der Waals surface area contributed by atoms with E-state index < -0.39 is 0 Å². The van der Waals surface area contributed by atoms with Gasteiger partial charge in [0, 0.05) is 42.7 Å². The maximum absolute atomic E-state index is 13.2. The van der Waals surface area contributed by atoms with E-state index in [1.807, 2.05) is 12.1 Å². The molecule has 0 bridgehead atoms. The van der Waals surface area contributed by atoms with E-state index in [-0.39, 0.29) is 23.4 Å². The molecule has 0 atom stereocenters. The average Bonchev–Trinajstić information content (AvgIpc) is 2.79. The first-order chi connectivity index (χ1) is 15.5. The van der Waals surface area contributed by atoms with Crippen molar-refractivity contribution in [1.82, 2.24) is 20.3 Å². The third-order valence-corrected chi connectivity index (χ3v) is 4.42. The minimum atomic E-state index is -0.331. The van der Waals surface area contributed by atoms with E-state index in [1.54, 1.807) is 42.5 Å². The van der Waals surface area contributed by atoms with E-state index in [2.05, 4.69) is 25.6 Å². The van der Waals surface area contributed by atoms with Crippen molar-refractivity contribution in [2.45, 2.75) is 0 Å². The monoisotopic (exact) mass is 430 g/mol. The molecule has 32 heavy (non-hydrogen) atoms. The van der Waals surface area contributed by atoms with Gasteiger partial charge in [-0.2, -0.15) is 4.98 Å². The number of benzene rings is 2. The highest BCUT2D eigenvalue weighted by Crippen LogP contribution is 2.27. The van der Waals surface area contributed by atoms with Gasteiger partial charge in [0.05, 0.1) is 5.69 Å². The zero-order valence-corrected chi connectivity index (χ0v) is 17.0. The first-order valence-electron chi connectivity index (χ1n) is 9.64.